The van der Waals surface area contributed by atoms with Crippen molar-refractivity contribution in [2.24, 2.45) is 7.05 Å². The topological polar surface area (TPSA) is 72.9 Å². The average Bonchev–Trinajstić information content (AvgIpc) is 2.82. The van der Waals surface area contributed by atoms with Gasteiger partial charge in [0.2, 0.25) is 5.91 Å². The summed E-state index contributed by atoms with van der Waals surface area (Å²) < 4.78 is 1.75. The number of nitrogen functional groups attached to an aromatic ring is 1. The van der Waals surface area contributed by atoms with Crippen LogP contribution in [0.25, 0.3) is 6.08 Å². The quantitative estimate of drug-likeness (QED) is 0.636. The van der Waals surface area contributed by atoms with E-state index in [2.05, 4.69) is 10.4 Å². The monoisotopic (exact) mass is 270 g/mol. The summed E-state index contributed by atoms with van der Waals surface area (Å²) in [7, 11) is 1.87. The van der Waals surface area contributed by atoms with Crippen LogP contribution in [0.5, 0.6) is 0 Å². The molecule has 20 heavy (non-hydrogen) atoms. The Morgan fingerprint density at radius 2 is 2.35 bits per heavy atom. The minimum absolute atomic E-state index is 0.115. The maximum absolute atomic E-state index is 11.6. The summed E-state index contributed by atoms with van der Waals surface area (Å²) in [4.78, 5) is 11.6. The summed E-state index contributed by atoms with van der Waals surface area (Å²) in [5.74, 6) is -0.115. The Hall–Kier alpha value is -2.56. The highest BCUT2D eigenvalue weighted by Gasteiger charge is 1.98. The third kappa shape index (κ3) is 4.28. The highest BCUT2D eigenvalue weighted by atomic mass is 16.1. The molecule has 0 saturated carbocycles. The highest BCUT2D eigenvalue weighted by Crippen LogP contribution is 2.07. The zero-order chi connectivity index (χ0) is 14.4. The number of nitrogens with one attached hydrogen (secondary N) is 1. The van der Waals surface area contributed by atoms with E-state index >= 15 is 0 Å². The van der Waals surface area contributed by atoms with Gasteiger partial charge in [0.05, 0.1) is 6.20 Å². The van der Waals surface area contributed by atoms with E-state index in [4.69, 9.17) is 5.73 Å². The van der Waals surface area contributed by atoms with Crippen molar-refractivity contribution in [1.82, 2.24) is 15.1 Å². The van der Waals surface area contributed by atoms with Crippen molar-refractivity contribution in [1.29, 1.82) is 0 Å². The van der Waals surface area contributed by atoms with Gasteiger partial charge in [-0.25, -0.2) is 0 Å². The summed E-state index contributed by atoms with van der Waals surface area (Å²) in [5, 5.41) is 6.91. The Balaban J connectivity index is 1.78. The number of aryl methyl sites for hydroxylation is 1. The summed E-state index contributed by atoms with van der Waals surface area (Å²) >= 11 is 0. The van der Waals surface area contributed by atoms with Crippen molar-refractivity contribution in [3.05, 3.63) is 53.9 Å². The number of hydrogen-bond donors (Lipinski definition) is 2. The zero-order valence-corrected chi connectivity index (χ0v) is 11.4. The predicted octanol–water partition coefficient (Wildman–Crippen LogP) is 1.37. The van der Waals surface area contributed by atoms with Crippen LogP contribution in [-0.2, 0) is 18.3 Å². The van der Waals surface area contributed by atoms with Gasteiger partial charge in [0.15, 0.2) is 0 Å². The molecular formula is C15H18N4O. The maximum atomic E-state index is 11.6. The van der Waals surface area contributed by atoms with Crippen molar-refractivity contribution in [2.75, 3.05) is 12.3 Å². The second-order valence-corrected chi connectivity index (χ2v) is 4.57. The molecule has 1 heterocycles. The van der Waals surface area contributed by atoms with E-state index in [9.17, 15) is 4.79 Å². The van der Waals surface area contributed by atoms with Gasteiger partial charge in [-0.05, 0) is 35.8 Å². The Bertz CT molecular complexity index is 616. The lowest BCUT2D eigenvalue weighted by atomic mass is 10.2. The highest BCUT2D eigenvalue weighted by molar-refractivity contribution is 5.91. The van der Waals surface area contributed by atoms with Crippen molar-refractivity contribution < 1.29 is 4.79 Å². The Morgan fingerprint density at radius 3 is 3.05 bits per heavy atom. The fourth-order valence-corrected chi connectivity index (χ4v) is 1.82. The van der Waals surface area contributed by atoms with E-state index in [-0.39, 0.29) is 5.91 Å². The maximum Gasteiger partial charge on any atom is 0.244 e. The minimum Gasteiger partial charge on any atom is -0.399 e. The molecule has 1 aromatic heterocycles. The number of carbonyl (C=O) groups excluding carboxylic acids is 1. The molecule has 0 atom stereocenters. The molecule has 0 aliphatic rings. The molecule has 0 bridgehead atoms. The van der Waals surface area contributed by atoms with Gasteiger partial charge in [-0.1, -0.05) is 12.1 Å². The molecule has 3 N–H and O–H groups in total. The van der Waals surface area contributed by atoms with Crippen LogP contribution >= 0.6 is 0 Å². The van der Waals surface area contributed by atoms with Crippen LogP contribution in [0.15, 0.2) is 42.7 Å². The second kappa shape index (κ2) is 6.56. The number of benzene rings is 1. The number of amides is 1. The molecule has 2 rings (SSSR count). The molecule has 1 amide bonds. The molecule has 0 unspecified atom stereocenters. The van der Waals surface area contributed by atoms with Gasteiger partial charge >= 0.3 is 0 Å². The van der Waals surface area contributed by atoms with Crippen LogP contribution in [0.3, 0.4) is 0 Å². The third-order valence-corrected chi connectivity index (χ3v) is 2.81. The fourth-order valence-electron chi connectivity index (χ4n) is 1.82. The first-order valence-electron chi connectivity index (χ1n) is 6.42. The Kier molecular flexibility index (Phi) is 4.55. The van der Waals surface area contributed by atoms with Crippen molar-refractivity contribution in [3.8, 4) is 0 Å². The summed E-state index contributed by atoms with van der Waals surface area (Å²) in [6.07, 6.45) is 7.77. The number of carbonyl (C=O) groups is 1. The van der Waals surface area contributed by atoms with Gasteiger partial charge in [0, 0.05) is 31.6 Å². The van der Waals surface area contributed by atoms with E-state index in [0.29, 0.717) is 12.2 Å². The molecule has 2 aromatic rings. The van der Waals surface area contributed by atoms with Crippen LogP contribution < -0.4 is 11.1 Å². The van der Waals surface area contributed by atoms with Gasteiger partial charge < -0.3 is 11.1 Å². The molecule has 0 radical (unpaired) electrons. The van der Waals surface area contributed by atoms with Gasteiger partial charge in [-0.2, -0.15) is 5.10 Å². The largest absolute Gasteiger partial charge is 0.399 e. The molecule has 5 heteroatoms. The lowest BCUT2D eigenvalue weighted by Gasteiger charge is -2.00. The van der Waals surface area contributed by atoms with Gasteiger partial charge in [-0.3, -0.25) is 9.48 Å². The fraction of sp³-hybridized carbons (Fsp3) is 0.200. The number of anilines is 1. The summed E-state index contributed by atoms with van der Waals surface area (Å²) in [5.41, 5.74) is 8.37. The molecule has 0 fully saturated rings. The smallest absolute Gasteiger partial charge is 0.244 e. The predicted molar refractivity (Wildman–Crippen MR) is 79.8 cm³/mol. The average molecular weight is 270 g/mol. The SMILES string of the molecule is Cn1cc(CCNC(=O)/C=C/c2cccc(N)c2)cn1. The lowest BCUT2D eigenvalue weighted by molar-refractivity contribution is -0.116. The first-order chi connectivity index (χ1) is 9.63. The minimum atomic E-state index is -0.115. The normalized spacial score (nSPS) is 10.8. The van der Waals surface area contributed by atoms with Gasteiger partial charge in [-0.15, -0.1) is 0 Å². The molecular weight excluding hydrogens is 252 g/mol. The molecule has 104 valence electrons. The number of nitrogens with zero attached hydrogens (tertiary/aromatic N) is 2. The van der Waals surface area contributed by atoms with E-state index in [0.717, 1.165) is 17.5 Å². The summed E-state index contributed by atoms with van der Waals surface area (Å²) in [6.45, 7) is 0.589. The molecule has 5 nitrogen and oxygen atoms in total. The van der Waals surface area contributed by atoms with Crippen LogP contribution in [0.2, 0.25) is 0 Å². The first-order valence-corrected chi connectivity index (χ1v) is 6.42. The van der Waals surface area contributed by atoms with Gasteiger partial charge in [0.25, 0.3) is 0 Å². The van der Waals surface area contributed by atoms with E-state index in [1.807, 2.05) is 37.5 Å². The Morgan fingerprint density at radius 1 is 1.50 bits per heavy atom. The number of aromatic nitrogens is 2. The van der Waals surface area contributed by atoms with Crippen LogP contribution in [0.4, 0.5) is 5.69 Å². The molecule has 0 saturated heterocycles. The first kappa shape index (κ1) is 13.9. The number of nitrogens with two attached hydrogens (primary N) is 1. The van der Waals surface area contributed by atoms with Crippen LogP contribution in [0.1, 0.15) is 11.1 Å². The van der Waals surface area contributed by atoms with Crippen molar-refractivity contribution in [3.63, 3.8) is 0 Å². The van der Waals surface area contributed by atoms with Crippen LogP contribution in [-0.4, -0.2) is 22.2 Å². The number of hydrogen-bond acceptors (Lipinski definition) is 3. The standard InChI is InChI=1S/C15H18N4O/c1-19-11-13(10-18-19)7-8-17-15(20)6-5-12-3-2-4-14(16)9-12/h2-6,9-11H,7-8,16H2,1H3,(H,17,20)/b6-5+. The Labute approximate surface area is 118 Å². The van der Waals surface area contributed by atoms with Crippen molar-refractivity contribution >= 4 is 17.7 Å². The molecule has 0 spiro atoms. The molecule has 0 aliphatic carbocycles. The van der Waals surface area contributed by atoms with Crippen LogP contribution in [0, 0.1) is 0 Å². The van der Waals surface area contributed by atoms with Crippen molar-refractivity contribution in [2.45, 2.75) is 6.42 Å². The van der Waals surface area contributed by atoms with E-state index in [1.165, 1.54) is 6.08 Å². The second-order valence-electron chi connectivity index (χ2n) is 4.57. The van der Waals surface area contributed by atoms with E-state index < -0.39 is 0 Å². The number of rotatable bonds is 5. The summed E-state index contributed by atoms with van der Waals surface area (Å²) in [6, 6.07) is 7.38. The van der Waals surface area contributed by atoms with Gasteiger partial charge in [0.1, 0.15) is 0 Å². The molecule has 1 aromatic carbocycles. The third-order valence-electron chi connectivity index (χ3n) is 2.81. The zero-order valence-electron chi connectivity index (χ0n) is 11.4. The van der Waals surface area contributed by atoms with E-state index in [1.54, 1.807) is 17.0 Å². The lowest BCUT2D eigenvalue weighted by Crippen LogP contribution is -2.23. The molecule has 0 aliphatic heterocycles.